The first-order chi connectivity index (χ1) is 12.3. The lowest BCUT2D eigenvalue weighted by Crippen LogP contribution is -2.36. The van der Waals surface area contributed by atoms with Crippen molar-refractivity contribution in [1.29, 1.82) is 0 Å². The molecule has 0 aliphatic carbocycles. The van der Waals surface area contributed by atoms with Gasteiger partial charge >= 0.3 is 5.69 Å². The molecule has 0 aromatic carbocycles. The second-order valence-corrected chi connectivity index (χ2v) is 6.45. The number of nitrogen functional groups attached to an aromatic ring is 1. The average molecular weight is 371 g/mol. The normalized spacial score (nSPS) is 28.5. The van der Waals surface area contributed by atoms with E-state index in [0.717, 1.165) is 4.57 Å². The van der Waals surface area contributed by atoms with Crippen LogP contribution in [0, 0.1) is 0 Å². The van der Waals surface area contributed by atoms with Crippen molar-refractivity contribution in [1.82, 2.24) is 19.1 Å². The number of rotatable bonds is 5. The van der Waals surface area contributed by atoms with E-state index >= 15 is 0 Å². The van der Waals surface area contributed by atoms with Crippen LogP contribution >= 0.6 is 0 Å². The number of anilines is 1. The van der Waals surface area contributed by atoms with Gasteiger partial charge in [-0.3, -0.25) is 4.57 Å². The fourth-order valence-electron chi connectivity index (χ4n) is 3.16. The Bertz CT molecular complexity index is 853. The zero-order chi connectivity index (χ0) is 19.2. The lowest BCUT2D eigenvalue weighted by atomic mass is 10.1. The Hall–Kier alpha value is -2.08. The highest BCUT2D eigenvalue weighted by molar-refractivity contribution is 5.72. The Kier molecular flexibility index (Phi) is 4.97. The molecule has 1 aliphatic heterocycles. The molecule has 11 heteroatoms. The number of fused-ring (bicyclic) bond motifs is 1. The van der Waals surface area contributed by atoms with Crippen LogP contribution in [0.2, 0.25) is 0 Å². The van der Waals surface area contributed by atoms with Gasteiger partial charge in [0.15, 0.2) is 18.0 Å². The number of halogens is 1. The predicted molar refractivity (Wildman–Crippen MR) is 89.0 cm³/mol. The van der Waals surface area contributed by atoms with E-state index in [9.17, 15) is 24.5 Å². The van der Waals surface area contributed by atoms with Gasteiger partial charge in [-0.25, -0.2) is 18.7 Å². The summed E-state index contributed by atoms with van der Waals surface area (Å²) in [6.07, 6.45) is -6.68. The molecule has 0 bridgehead atoms. The monoisotopic (exact) mass is 371 g/mol. The lowest BCUT2D eigenvalue weighted by molar-refractivity contribution is -0.0800. The molecule has 1 aliphatic rings. The van der Waals surface area contributed by atoms with E-state index in [1.807, 2.05) is 0 Å². The standard InChI is InChI=1S/C15H22FN5O5/c1-3-8(23)11-9(16)10(24)13(26-11)21-12-7(4-18-14(17)19-12)20(15(21)25)5-6(2)22/h4,6,8-11,13,22-24H,3,5H2,1-2H3,(H2,17,18,19)/t6-,8-,9+,10+,11+,13+/m0/s1. The first-order valence-corrected chi connectivity index (χ1v) is 8.33. The molecular formula is C15H22FN5O5. The van der Waals surface area contributed by atoms with E-state index in [-0.39, 0.29) is 30.1 Å². The van der Waals surface area contributed by atoms with E-state index in [1.54, 1.807) is 6.92 Å². The molecule has 3 heterocycles. The average Bonchev–Trinajstić information content (AvgIpc) is 3.02. The van der Waals surface area contributed by atoms with Crippen LogP contribution in [-0.2, 0) is 11.3 Å². The molecule has 2 aromatic rings. The highest BCUT2D eigenvalue weighted by Gasteiger charge is 2.49. The van der Waals surface area contributed by atoms with Crippen LogP contribution in [0.5, 0.6) is 0 Å². The molecule has 10 nitrogen and oxygen atoms in total. The summed E-state index contributed by atoms with van der Waals surface area (Å²) < 4.78 is 22.1. The number of aliphatic hydroxyl groups excluding tert-OH is 3. The second kappa shape index (κ2) is 6.91. The van der Waals surface area contributed by atoms with Crippen molar-refractivity contribution in [2.75, 3.05) is 5.73 Å². The molecule has 0 spiro atoms. The fraction of sp³-hybridized carbons (Fsp3) is 0.667. The zero-order valence-electron chi connectivity index (χ0n) is 14.4. The molecule has 5 N–H and O–H groups in total. The minimum absolute atomic E-state index is 0.0473. The minimum atomic E-state index is -1.88. The zero-order valence-corrected chi connectivity index (χ0v) is 14.4. The molecule has 1 fully saturated rings. The molecule has 6 atom stereocenters. The summed E-state index contributed by atoms with van der Waals surface area (Å²) in [4.78, 5) is 20.7. The largest absolute Gasteiger partial charge is 0.392 e. The molecule has 0 saturated carbocycles. The van der Waals surface area contributed by atoms with Gasteiger partial charge in [-0.1, -0.05) is 6.92 Å². The molecule has 3 rings (SSSR count). The van der Waals surface area contributed by atoms with Crippen LogP contribution in [0.1, 0.15) is 26.5 Å². The Morgan fingerprint density at radius 2 is 2.15 bits per heavy atom. The van der Waals surface area contributed by atoms with E-state index in [4.69, 9.17) is 10.5 Å². The lowest BCUT2D eigenvalue weighted by Gasteiger charge is -2.18. The van der Waals surface area contributed by atoms with Crippen LogP contribution in [0.15, 0.2) is 11.0 Å². The summed E-state index contributed by atoms with van der Waals surface area (Å²) in [7, 11) is 0. The number of aliphatic hydroxyl groups is 3. The Labute approximate surface area is 147 Å². The number of nitrogens with two attached hydrogens (primary N) is 1. The van der Waals surface area contributed by atoms with E-state index in [0.29, 0.717) is 0 Å². The highest BCUT2D eigenvalue weighted by atomic mass is 19.1. The van der Waals surface area contributed by atoms with Crippen molar-refractivity contribution in [2.24, 2.45) is 0 Å². The Morgan fingerprint density at radius 1 is 1.46 bits per heavy atom. The number of ether oxygens (including phenoxy) is 1. The number of hydrogen-bond acceptors (Lipinski definition) is 8. The summed E-state index contributed by atoms with van der Waals surface area (Å²) in [5.74, 6) is -0.116. The summed E-state index contributed by atoms with van der Waals surface area (Å²) in [6, 6.07) is 0. The molecule has 2 aromatic heterocycles. The minimum Gasteiger partial charge on any atom is -0.392 e. The van der Waals surface area contributed by atoms with Gasteiger partial charge in [-0.15, -0.1) is 0 Å². The van der Waals surface area contributed by atoms with Crippen LogP contribution in [-0.4, -0.2) is 65.0 Å². The van der Waals surface area contributed by atoms with Crippen molar-refractivity contribution >= 4 is 17.1 Å². The second-order valence-electron chi connectivity index (χ2n) is 6.45. The third kappa shape index (κ3) is 2.96. The van der Waals surface area contributed by atoms with E-state index < -0.39 is 42.5 Å². The third-order valence-electron chi connectivity index (χ3n) is 4.45. The summed E-state index contributed by atoms with van der Waals surface area (Å²) >= 11 is 0. The van der Waals surface area contributed by atoms with E-state index in [2.05, 4.69) is 9.97 Å². The van der Waals surface area contributed by atoms with E-state index in [1.165, 1.54) is 17.7 Å². The smallest absolute Gasteiger partial charge is 0.332 e. The maximum absolute atomic E-state index is 14.4. The van der Waals surface area contributed by atoms with Crippen LogP contribution in [0.4, 0.5) is 10.3 Å². The first kappa shape index (κ1) is 18.7. The summed E-state index contributed by atoms with van der Waals surface area (Å²) in [5, 5.41) is 29.8. The van der Waals surface area contributed by atoms with Crippen molar-refractivity contribution < 1.29 is 24.4 Å². The van der Waals surface area contributed by atoms with Gasteiger partial charge in [-0.05, 0) is 13.3 Å². The summed E-state index contributed by atoms with van der Waals surface area (Å²) in [6.45, 7) is 3.09. The van der Waals surface area contributed by atoms with Gasteiger partial charge in [0.1, 0.15) is 17.7 Å². The highest BCUT2D eigenvalue weighted by Crippen LogP contribution is 2.34. The van der Waals surface area contributed by atoms with Crippen molar-refractivity contribution in [2.45, 2.75) is 63.6 Å². The predicted octanol–water partition coefficient (Wildman–Crippen LogP) is -1.08. The number of imidazole rings is 1. The van der Waals surface area contributed by atoms with Crippen molar-refractivity contribution in [3.63, 3.8) is 0 Å². The van der Waals surface area contributed by atoms with Gasteiger partial charge in [-0.2, -0.15) is 4.98 Å². The van der Waals surface area contributed by atoms with Crippen LogP contribution in [0.3, 0.4) is 0 Å². The fourth-order valence-corrected chi connectivity index (χ4v) is 3.16. The molecular weight excluding hydrogens is 349 g/mol. The van der Waals surface area contributed by atoms with Gasteiger partial charge in [0.25, 0.3) is 0 Å². The molecule has 0 unspecified atom stereocenters. The third-order valence-corrected chi connectivity index (χ3v) is 4.45. The Balaban J connectivity index is 2.14. The molecule has 0 amide bonds. The van der Waals surface area contributed by atoms with Crippen LogP contribution in [0.25, 0.3) is 11.2 Å². The van der Waals surface area contributed by atoms with Gasteiger partial charge in [0, 0.05) is 0 Å². The maximum Gasteiger partial charge on any atom is 0.332 e. The van der Waals surface area contributed by atoms with Gasteiger partial charge in [0.2, 0.25) is 5.95 Å². The Morgan fingerprint density at radius 3 is 2.77 bits per heavy atom. The SMILES string of the molecule is CC[C@H](O)[C@H]1O[C@@H](n2c(=O)n(C[C@H](C)O)c3cnc(N)nc32)[C@H](O)[C@H]1F. The van der Waals surface area contributed by atoms with Gasteiger partial charge < -0.3 is 25.8 Å². The summed E-state index contributed by atoms with van der Waals surface area (Å²) in [5.41, 5.74) is 5.24. The molecule has 26 heavy (non-hydrogen) atoms. The number of nitrogens with zero attached hydrogens (tertiary/aromatic N) is 4. The van der Waals surface area contributed by atoms with Crippen molar-refractivity contribution in [3.8, 4) is 0 Å². The maximum atomic E-state index is 14.4. The van der Waals surface area contributed by atoms with Crippen molar-refractivity contribution in [3.05, 3.63) is 16.7 Å². The molecule has 1 saturated heterocycles. The number of alkyl halides is 1. The molecule has 144 valence electrons. The number of aromatic nitrogens is 4. The topological polar surface area (TPSA) is 149 Å². The quantitative estimate of drug-likeness (QED) is 0.519. The first-order valence-electron chi connectivity index (χ1n) is 8.33. The number of hydrogen-bond donors (Lipinski definition) is 4. The van der Waals surface area contributed by atoms with Gasteiger partial charge in [0.05, 0.1) is 24.9 Å². The van der Waals surface area contributed by atoms with Crippen LogP contribution < -0.4 is 11.4 Å². The molecule has 0 radical (unpaired) electrons.